The van der Waals surface area contributed by atoms with Gasteiger partial charge in [-0.1, -0.05) is 13.3 Å². The van der Waals surface area contributed by atoms with Gasteiger partial charge < -0.3 is 20.3 Å². The highest BCUT2D eigenvalue weighted by molar-refractivity contribution is 5.89. The fourth-order valence-electron chi connectivity index (χ4n) is 3.03. The number of hydrogen-bond acceptors (Lipinski definition) is 6. The van der Waals surface area contributed by atoms with E-state index in [2.05, 4.69) is 9.88 Å². The molecule has 0 saturated carbocycles. The van der Waals surface area contributed by atoms with E-state index in [0.29, 0.717) is 44.8 Å². The molecule has 1 atom stereocenters. The van der Waals surface area contributed by atoms with Gasteiger partial charge in [0, 0.05) is 32.4 Å². The second-order valence-corrected chi connectivity index (χ2v) is 6.57. The van der Waals surface area contributed by atoms with Crippen LogP contribution < -0.4 is 10.6 Å². The van der Waals surface area contributed by atoms with Crippen molar-refractivity contribution in [3.05, 3.63) is 23.9 Å². The van der Waals surface area contributed by atoms with Crippen molar-refractivity contribution in [2.24, 2.45) is 5.73 Å². The Morgan fingerprint density at radius 1 is 1.24 bits per heavy atom. The van der Waals surface area contributed by atoms with Crippen LogP contribution in [0.2, 0.25) is 0 Å². The second kappa shape index (κ2) is 8.29. The summed E-state index contributed by atoms with van der Waals surface area (Å²) in [6, 6.07) is 3.53. The average molecular weight is 348 g/mol. The third kappa shape index (κ3) is 4.69. The van der Waals surface area contributed by atoms with Crippen LogP contribution in [0.3, 0.4) is 0 Å². The Kier molecular flexibility index (Phi) is 6.36. The van der Waals surface area contributed by atoms with Crippen molar-refractivity contribution in [1.29, 1.82) is 0 Å². The number of esters is 1. The van der Waals surface area contributed by atoms with Crippen LogP contribution in [0.4, 0.5) is 5.82 Å². The van der Waals surface area contributed by atoms with E-state index in [1.807, 2.05) is 17.9 Å². The molecule has 7 nitrogen and oxygen atoms in total. The number of aromatic nitrogens is 1. The lowest BCUT2D eigenvalue weighted by Crippen LogP contribution is -2.58. The number of nitrogens with two attached hydrogens (primary N) is 1. The number of hydrogen-bond donors (Lipinski definition) is 1. The minimum atomic E-state index is -0.795. The molecule has 1 aliphatic heterocycles. The van der Waals surface area contributed by atoms with Crippen LogP contribution in [0, 0.1) is 0 Å². The minimum absolute atomic E-state index is 0.0135. The summed E-state index contributed by atoms with van der Waals surface area (Å²) in [6.07, 6.45) is 3.10. The summed E-state index contributed by atoms with van der Waals surface area (Å²) < 4.78 is 4.96. The molecule has 7 heteroatoms. The average Bonchev–Trinajstić information content (AvgIpc) is 2.61. The SMILES string of the molecule is CCCC(C)(N)C(=O)N1CCN(c2ccc(C(=O)OCC)cn2)CC1. The first kappa shape index (κ1) is 19.2. The van der Waals surface area contributed by atoms with Gasteiger partial charge in [-0.25, -0.2) is 9.78 Å². The largest absolute Gasteiger partial charge is 0.462 e. The Bertz CT molecular complexity index is 593. The molecule has 1 aliphatic rings. The van der Waals surface area contributed by atoms with Crippen molar-refractivity contribution in [3.8, 4) is 0 Å². The van der Waals surface area contributed by atoms with E-state index in [4.69, 9.17) is 10.5 Å². The van der Waals surface area contributed by atoms with Crippen LogP contribution >= 0.6 is 0 Å². The maximum atomic E-state index is 12.5. The fraction of sp³-hybridized carbons (Fsp3) is 0.611. The molecule has 2 N–H and O–H groups in total. The van der Waals surface area contributed by atoms with E-state index >= 15 is 0 Å². The Balaban J connectivity index is 1.94. The van der Waals surface area contributed by atoms with Gasteiger partial charge in [0.15, 0.2) is 0 Å². The second-order valence-electron chi connectivity index (χ2n) is 6.57. The zero-order valence-corrected chi connectivity index (χ0v) is 15.3. The predicted octanol–water partition coefficient (Wildman–Crippen LogP) is 1.42. The highest BCUT2D eigenvalue weighted by atomic mass is 16.5. The quantitative estimate of drug-likeness (QED) is 0.782. The van der Waals surface area contributed by atoms with Gasteiger partial charge in [0.25, 0.3) is 0 Å². The van der Waals surface area contributed by atoms with Crippen LogP contribution in [0.15, 0.2) is 18.3 Å². The Morgan fingerprint density at radius 2 is 1.92 bits per heavy atom. The molecular weight excluding hydrogens is 320 g/mol. The Labute approximate surface area is 149 Å². The summed E-state index contributed by atoms with van der Waals surface area (Å²) in [6.45, 7) is 8.58. The van der Waals surface area contributed by atoms with Gasteiger partial charge in [-0.3, -0.25) is 4.79 Å². The lowest BCUT2D eigenvalue weighted by molar-refractivity contribution is -0.137. The third-order valence-electron chi connectivity index (χ3n) is 4.41. The number of ether oxygens (including phenoxy) is 1. The molecule has 1 fully saturated rings. The fourth-order valence-corrected chi connectivity index (χ4v) is 3.03. The first-order valence-electron chi connectivity index (χ1n) is 8.85. The van der Waals surface area contributed by atoms with Crippen LogP contribution in [-0.4, -0.2) is 60.1 Å². The minimum Gasteiger partial charge on any atom is -0.462 e. The van der Waals surface area contributed by atoms with E-state index in [-0.39, 0.29) is 11.9 Å². The van der Waals surface area contributed by atoms with Gasteiger partial charge in [-0.2, -0.15) is 0 Å². The standard InChI is InChI=1S/C18H28N4O3/c1-4-8-18(3,19)17(24)22-11-9-21(10-12-22)15-7-6-14(13-20-15)16(23)25-5-2/h6-7,13H,4-5,8-12,19H2,1-3H3. The van der Waals surface area contributed by atoms with Gasteiger partial charge >= 0.3 is 5.97 Å². The summed E-state index contributed by atoms with van der Waals surface area (Å²) in [5.41, 5.74) is 5.80. The zero-order valence-electron chi connectivity index (χ0n) is 15.3. The van der Waals surface area contributed by atoms with Crippen LogP contribution in [0.25, 0.3) is 0 Å². The molecule has 1 amide bonds. The monoisotopic (exact) mass is 348 g/mol. The molecule has 0 aliphatic carbocycles. The first-order valence-corrected chi connectivity index (χ1v) is 8.85. The Morgan fingerprint density at radius 3 is 2.44 bits per heavy atom. The summed E-state index contributed by atoms with van der Waals surface area (Å²) in [4.78, 5) is 32.5. The number of anilines is 1. The number of rotatable bonds is 6. The van der Waals surface area contributed by atoms with Crippen LogP contribution in [0.5, 0.6) is 0 Å². The summed E-state index contributed by atoms with van der Waals surface area (Å²) in [5, 5.41) is 0. The van der Waals surface area contributed by atoms with E-state index in [1.165, 1.54) is 6.20 Å². The van der Waals surface area contributed by atoms with E-state index in [9.17, 15) is 9.59 Å². The van der Waals surface area contributed by atoms with Gasteiger partial charge in [0.1, 0.15) is 5.82 Å². The van der Waals surface area contributed by atoms with Crippen molar-refractivity contribution < 1.29 is 14.3 Å². The summed E-state index contributed by atoms with van der Waals surface area (Å²) >= 11 is 0. The molecule has 25 heavy (non-hydrogen) atoms. The highest BCUT2D eigenvalue weighted by Crippen LogP contribution is 2.18. The number of piperazine rings is 1. The molecule has 0 aromatic carbocycles. The molecule has 1 saturated heterocycles. The zero-order chi connectivity index (χ0) is 18.4. The molecule has 1 unspecified atom stereocenters. The first-order chi connectivity index (χ1) is 11.9. The van der Waals surface area contributed by atoms with Gasteiger partial charge in [0.05, 0.1) is 17.7 Å². The maximum Gasteiger partial charge on any atom is 0.339 e. The van der Waals surface area contributed by atoms with E-state index < -0.39 is 5.54 Å². The van der Waals surface area contributed by atoms with Crippen LogP contribution in [-0.2, 0) is 9.53 Å². The molecule has 0 bridgehead atoms. The molecular formula is C18H28N4O3. The topological polar surface area (TPSA) is 88.8 Å². The molecule has 0 spiro atoms. The number of carbonyl (C=O) groups is 2. The predicted molar refractivity (Wildman–Crippen MR) is 96.5 cm³/mol. The molecule has 1 aromatic heterocycles. The third-order valence-corrected chi connectivity index (χ3v) is 4.41. The number of pyridine rings is 1. The van der Waals surface area contributed by atoms with E-state index in [1.54, 1.807) is 19.9 Å². The molecule has 0 radical (unpaired) electrons. The number of amides is 1. The lowest BCUT2D eigenvalue weighted by atomic mass is 9.95. The van der Waals surface area contributed by atoms with E-state index in [0.717, 1.165) is 12.2 Å². The van der Waals surface area contributed by atoms with Crippen molar-refractivity contribution >= 4 is 17.7 Å². The summed E-state index contributed by atoms with van der Waals surface area (Å²) in [5.74, 6) is 0.443. The number of carbonyl (C=O) groups excluding carboxylic acids is 2. The highest BCUT2D eigenvalue weighted by Gasteiger charge is 2.33. The number of nitrogens with zero attached hydrogens (tertiary/aromatic N) is 3. The van der Waals surface area contributed by atoms with Crippen LogP contribution in [0.1, 0.15) is 44.0 Å². The van der Waals surface area contributed by atoms with Crippen molar-refractivity contribution in [2.45, 2.75) is 39.2 Å². The van der Waals surface area contributed by atoms with Crippen molar-refractivity contribution in [2.75, 3.05) is 37.7 Å². The molecule has 1 aromatic rings. The van der Waals surface area contributed by atoms with Gasteiger partial charge in [-0.15, -0.1) is 0 Å². The van der Waals surface area contributed by atoms with Gasteiger partial charge in [0.2, 0.25) is 5.91 Å². The summed E-state index contributed by atoms with van der Waals surface area (Å²) in [7, 11) is 0. The Hall–Kier alpha value is -2.15. The van der Waals surface area contributed by atoms with Crippen molar-refractivity contribution in [3.63, 3.8) is 0 Å². The molecule has 138 valence electrons. The normalized spacial score (nSPS) is 17.1. The molecule has 2 heterocycles. The smallest absolute Gasteiger partial charge is 0.339 e. The molecule has 2 rings (SSSR count). The van der Waals surface area contributed by atoms with Gasteiger partial charge in [-0.05, 0) is 32.4 Å². The van der Waals surface area contributed by atoms with Crippen molar-refractivity contribution in [1.82, 2.24) is 9.88 Å². The maximum absolute atomic E-state index is 12.5. The lowest BCUT2D eigenvalue weighted by Gasteiger charge is -2.39.